The summed E-state index contributed by atoms with van der Waals surface area (Å²) in [5, 5.41) is 0.892. The molecule has 2 aromatic carbocycles. The summed E-state index contributed by atoms with van der Waals surface area (Å²) in [6, 6.07) is 11.0. The lowest BCUT2D eigenvalue weighted by atomic mass is 10.2. The van der Waals surface area contributed by atoms with Crippen LogP contribution in [0, 0.1) is 5.82 Å². The van der Waals surface area contributed by atoms with Crippen LogP contribution in [0.5, 0.6) is 5.75 Å². The van der Waals surface area contributed by atoms with Gasteiger partial charge in [0.05, 0.1) is 28.8 Å². The highest BCUT2D eigenvalue weighted by molar-refractivity contribution is 6.32. The van der Waals surface area contributed by atoms with Crippen LogP contribution in [0.25, 0.3) is 10.9 Å². The molecule has 3 rings (SSSR count). The zero-order valence-corrected chi connectivity index (χ0v) is 12.3. The molecule has 0 aliphatic rings. The Morgan fingerprint density at radius 1 is 1.23 bits per heavy atom. The molecule has 0 amide bonds. The molecule has 1 aromatic heterocycles. The number of ether oxygens (including phenoxy) is 1. The third kappa shape index (κ3) is 2.94. The molecule has 0 aliphatic heterocycles. The molecular formula is C16H12ClFN2O2. The molecule has 1 heterocycles. The van der Waals surface area contributed by atoms with Crippen molar-refractivity contribution in [3.05, 3.63) is 70.0 Å². The van der Waals surface area contributed by atoms with E-state index in [9.17, 15) is 9.18 Å². The smallest absolute Gasteiger partial charge is 0.261 e. The van der Waals surface area contributed by atoms with E-state index in [1.54, 1.807) is 12.1 Å². The topological polar surface area (TPSA) is 44.1 Å². The quantitative estimate of drug-likeness (QED) is 0.741. The van der Waals surface area contributed by atoms with E-state index in [1.807, 2.05) is 12.1 Å². The van der Waals surface area contributed by atoms with Gasteiger partial charge in [-0.15, -0.1) is 0 Å². The lowest BCUT2D eigenvalue weighted by Gasteiger charge is -2.09. The minimum Gasteiger partial charge on any atom is -0.490 e. The van der Waals surface area contributed by atoms with Crippen molar-refractivity contribution in [2.45, 2.75) is 6.54 Å². The van der Waals surface area contributed by atoms with Crippen LogP contribution in [-0.4, -0.2) is 16.2 Å². The molecule has 0 bridgehead atoms. The Labute approximate surface area is 130 Å². The van der Waals surface area contributed by atoms with E-state index < -0.39 is 5.82 Å². The molecule has 0 saturated carbocycles. The number of hydrogen-bond acceptors (Lipinski definition) is 3. The van der Waals surface area contributed by atoms with Gasteiger partial charge >= 0.3 is 0 Å². The lowest BCUT2D eigenvalue weighted by Crippen LogP contribution is -2.23. The van der Waals surface area contributed by atoms with Crippen LogP contribution in [0.2, 0.25) is 5.02 Å². The second-order valence-electron chi connectivity index (χ2n) is 4.68. The van der Waals surface area contributed by atoms with Crippen LogP contribution in [-0.2, 0) is 6.54 Å². The van der Waals surface area contributed by atoms with E-state index in [-0.39, 0.29) is 12.2 Å². The first-order valence-electron chi connectivity index (χ1n) is 6.67. The SMILES string of the molecule is O=c1c2ccc(F)cc2ncn1CCOc1ccccc1Cl. The normalized spacial score (nSPS) is 10.8. The summed E-state index contributed by atoms with van der Waals surface area (Å²) in [6.45, 7) is 0.600. The first kappa shape index (κ1) is 14.5. The number of rotatable bonds is 4. The van der Waals surface area contributed by atoms with Crippen molar-refractivity contribution in [2.75, 3.05) is 6.61 Å². The Balaban J connectivity index is 1.77. The summed E-state index contributed by atoms with van der Waals surface area (Å²) in [6.07, 6.45) is 1.39. The average Bonchev–Trinajstić information content (AvgIpc) is 2.51. The molecule has 0 fully saturated rings. The van der Waals surface area contributed by atoms with Gasteiger partial charge in [-0.25, -0.2) is 9.37 Å². The highest BCUT2D eigenvalue weighted by Gasteiger charge is 2.06. The third-order valence-electron chi connectivity index (χ3n) is 3.21. The number of halogens is 2. The zero-order valence-electron chi connectivity index (χ0n) is 11.5. The van der Waals surface area contributed by atoms with Gasteiger partial charge in [0.1, 0.15) is 18.2 Å². The third-order valence-corrected chi connectivity index (χ3v) is 3.53. The number of benzene rings is 2. The number of nitrogens with zero attached hydrogens (tertiary/aromatic N) is 2. The summed E-state index contributed by atoms with van der Waals surface area (Å²) < 4.78 is 20.1. The van der Waals surface area contributed by atoms with Gasteiger partial charge < -0.3 is 4.74 Å². The minimum absolute atomic E-state index is 0.229. The van der Waals surface area contributed by atoms with E-state index in [4.69, 9.17) is 16.3 Å². The van der Waals surface area contributed by atoms with Crippen molar-refractivity contribution in [1.29, 1.82) is 0 Å². The molecule has 0 radical (unpaired) electrons. The molecule has 0 unspecified atom stereocenters. The van der Waals surface area contributed by atoms with Gasteiger partial charge in [0.2, 0.25) is 0 Å². The Morgan fingerprint density at radius 2 is 2.05 bits per heavy atom. The average molecular weight is 319 g/mol. The van der Waals surface area contributed by atoms with Gasteiger partial charge in [0.25, 0.3) is 5.56 Å². The van der Waals surface area contributed by atoms with Crippen molar-refractivity contribution in [2.24, 2.45) is 0 Å². The van der Waals surface area contributed by atoms with Crippen molar-refractivity contribution < 1.29 is 9.13 Å². The van der Waals surface area contributed by atoms with Gasteiger partial charge in [-0.3, -0.25) is 9.36 Å². The van der Waals surface area contributed by atoms with Crippen LogP contribution in [0.3, 0.4) is 0 Å². The van der Waals surface area contributed by atoms with Crippen LogP contribution >= 0.6 is 11.6 Å². The predicted molar refractivity (Wildman–Crippen MR) is 82.9 cm³/mol. The molecule has 6 heteroatoms. The summed E-state index contributed by atoms with van der Waals surface area (Å²) in [5.74, 6) is 0.146. The molecule has 3 aromatic rings. The summed E-state index contributed by atoms with van der Waals surface area (Å²) in [7, 11) is 0. The Bertz CT molecular complexity index is 879. The molecule has 0 aliphatic carbocycles. The second kappa shape index (κ2) is 6.15. The fraction of sp³-hybridized carbons (Fsp3) is 0.125. The number of hydrogen-bond donors (Lipinski definition) is 0. The first-order chi connectivity index (χ1) is 10.6. The monoisotopic (exact) mass is 318 g/mol. The molecule has 0 N–H and O–H groups in total. The van der Waals surface area contributed by atoms with Gasteiger partial charge in [0.15, 0.2) is 0 Å². The van der Waals surface area contributed by atoms with E-state index >= 15 is 0 Å². The Morgan fingerprint density at radius 3 is 2.86 bits per heavy atom. The van der Waals surface area contributed by atoms with Crippen LogP contribution in [0.15, 0.2) is 53.6 Å². The molecule has 4 nitrogen and oxygen atoms in total. The molecule has 0 atom stereocenters. The maximum Gasteiger partial charge on any atom is 0.261 e. The van der Waals surface area contributed by atoms with Gasteiger partial charge in [0, 0.05) is 6.07 Å². The van der Waals surface area contributed by atoms with E-state index in [1.165, 1.54) is 29.1 Å². The summed E-state index contributed by atoms with van der Waals surface area (Å²) in [5.41, 5.74) is 0.112. The highest BCUT2D eigenvalue weighted by atomic mass is 35.5. The van der Waals surface area contributed by atoms with Gasteiger partial charge in [-0.2, -0.15) is 0 Å². The largest absolute Gasteiger partial charge is 0.490 e. The van der Waals surface area contributed by atoms with Gasteiger partial charge in [-0.1, -0.05) is 23.7 Å². The number of para-hydroxylation sites is 1. The first-order valence-corrected chi connectivity index (χ1v) is 7.05. The second-order valence-corrected chi connectivity index (χ2v) is 5.09. The lowest BCUT2D eigenvalue weighted by molar-refractivity contribution is 0.296. The number of aromatic nitrogens is 2. The fourth-order valence-electron chi connectivity index (χ4n) is 2.11. The molecular weight excluding hydrogens is 307 g/mol. The maximum absolute atomic E-state index is 13.1. The molecule has 22 heavy (non-hydrogen) atoms. The Kier molecular flexibility index (Phi) is 4.06. The zero-order chi connectivity index (χ0) is 15.5. The molecule has 112 valence electrons. The predicted octanol–water partition coefficient (Wildman–Crippen LogP) is 3.27. The van der Waals surface area contributed by atoms with Crippen molar-refractivity contribution in [3.8, 4) is 5.75 Å². The molecule has 0 spiro atoms. The standard InChI is InChI=1S/C16H12ClFN2O2/c17-13-3-1-2-4-15(13)22-8-7-20-10-19-14-9-11(18)5-6-12(14)16(20)21/h1-6,9-10H,7-8H2. The summed E-state index contributed by atoms with van der Waals surface area (Å²) >= 11 is 5.99. The van der Waals surface area contributed by atoms with E-state index in [0.29, 0.717) is 28.2 Å². The van der Waals surface area contributed by atoms with Gasteiger partial charge in [-0.05, 0) is 24.3 Å². The van der Waals surface area contributed by atoms with Crippen molar-refractivity contribution >= 4 is 22.5 Å². The molecule has 0 saturated heterocycles. The van der Waals surface area contributed by atoms with Crippen LogP contribution < -0.4 is 10.3 Å². The maximum atomic E-state index is 13.1. The fourth-order valence-corrected chi connectivity index (χ4v) is 2.30. The Hall–Kier alpha value is -2.40. The van der Waals surface area contributed by atoms with Crippen molar-refractivity contribution in [1.82, 2.24) is 9.55 Å². The highest BCUT2D eigenvalue weighted by Crippen LogP contribution is 2.22. The minimum atomic E-state index is -0.417. The number of fused-ring (bicyclic) bond motifs is 1. The van der Waals surface area contributed by atoms with E-state index in [0.717, 1.165) is 0 Å². The van der Waals surface area contributed by atoms with Crippen molar-refractivity contribution in [3.63, 3.8) is 0 Å². The summed E-state index contributed by atoms with van der Waals surface area (Å²) in [4.78, 5) is 16.4. The van der Waals surface area contributed by atoms with E-state index in [2.05, 4.69) is 4.98 Å². The van der Waals surface area contributed by atoms with Crippen LogP contribution in [0.1, 0.15) is 0 Å². The van der Waals surface area contributed by atoms with Crippen LogP contribution in [0.4, 0.5) is 4.39 Å².